The molecule has 0 aromatic heterocycles. The van der Waals surface area contributed by atoms with E-state index in [0.717, 1.165) is 25.8 Å². The molecule has 0 rings (SSSR count). The van der Waals surface area contributed by atoms with E-state index in [4.69, 9.17) is 9.05 Å². The van der Waals surface area contributed by atoms with Gasteiger partial charge in [-0.25, -0.2) is 0 Å². The van der Waals surface area contributed by atoms with Crippen molar-refractivity contribution in [1.29, 1.82) is 0 Å². The fourth-order valence-electron chi connectivity index (χ4n) is 0.876. The summed E-state index contributed by atoms with van der Waals surface area (Å²) in [5.74, 6) is 0. The maximum Gasteiger partial charge on any atom is 0.174 e. The highest BCUT2D eigenvalue weighted by Gasteiger charge is 2.04. The number of rotatable bonds is 8. The van der Waals surface area contributed by atoms with Crippen molar-refractivity contribution in [3.63, 3.8) is 0 Å². The molecule has 0 aliphatic rings. The summed E-state index contributed by atoms with van der Waals surface area (Å²) in [6.45, 7) is 7.67. The van der Waals surface area contributed by atoms with Crippen LogP contribution in [0, 0.1) is 0 Å². The average Bonchev–Trinajstić information content (AvgIpc) is 2.13. The summed E-state index contributed by atoms with van der Waals surface area (Å²) < 4.78 is 10.9. The van der Waals surface area contributed by atoms with Crippen LogP contribution in [0.3, 0.4) is 0 Å². The van der Waals surface area contributed by atoms with E-state index in [1.807, 2.05) is 13.8 Å². The topological polar surface area (TPSA) is 18.5 Å². The lowest BCUT2D eigenvalue weighted by atomic mass is 10.3. The zero-order valence-electron chi connectivity index (χ0n) is 8.95. The molecule has 0 atom stereocenters. The summed E-state index contributed by atoms with van der Waals surface area (Å²) in [6, 6.07) is 0. The maximum atomic E-state index is 5.45. The van der Waals surface area contributed by atoms with E-state index in [0.29, 0.717) is 0 Å². The van der Waals surface area contributed by atoms with Gasteiger partial charge >= 0.3 is 0 Å². The quantitative estimate of drug-likeness (QED) is 0.443. The Balaban J connectivity index is 3.54. The Bertz CT molecular complexity index is 120. The van der Waals surface area contributed by atoms with Crippen LogP contribution in [0.5, 0.6) is 0 Å². The van der Waals surface area contributed by atoms with Crippen LogP contribution in [0.25, 0.3) is 0 Å². The minimum absolute atomic E-state index is 0.664. The van der Waals surface area contributed by atoms with E-state index < -0.39 is 8.38 Å². The summed E-state index contributed by atoms with van der Waals surface area (Å²) in [5.41, 5.74) is 0. The van der Waals surface area contributed by atoms with Crippen LogP contribution in [0.15, 0.2) is 12.2 Å². The normalized spacial score (nSPS) is 11.7. The molecule has 3 heteroatoms. The molecule has 0 bridgehead atoms. The number of hydrogen-bond donors (Lipinski definition) is 0. The third-order valence-corrected chi connectivity index (χ3v) is 3.02. The summed E-state index contributed by atoms with van der Waals surface area (Å²) in [5, 5.41) is 0. The van der Waals surface area contributed by atoms with Gasteiger partial charge in [0.2, 0.25) is 0 Å². The minimum Gasteiger partial charge on any atom is -0.334 e. The lowest BCUT2D eigenvalue weighted by Gasteiger charge is -2.13. The highest BCUT2D eigenvalue weighted by atomic mass is 31.2. The van der Waals surface area contributed by atoms with Gasteiger partial charge in [0, 0.05) is 6.16 Å². The van der Waals surface area contributed by atoms with Gasteiger partial charge in [-0.3, -0.25) is 0 Å². The van der Waals surface area contributed by atoms with Crippen LogP contribution in [-0.4, -0.2) is 19.4 Å². The van der Waals surface area contributed by atoms with Gasteiger partial charge in [-0.05, 0) is 20.3 Å². The second-order valence-corrected chi connectivity index (χ2v) is 4.16. The van der Waals surface area contributed by atoms with Gasteiger partial charge in [0.15, 0.2) is 8.38 Å². The SMILES string of the molecule is CCC/C=C/CP(OCC)OCC. The van der Waals surface area contributed by atoms with Crippen LogP contribution >= 0.6 is 8.38 Å². The van der Waals surface area contributed by atoms with Gasteiger partial charge in [0.05, 0.1) is 13.2 Å². The third-order valence-electron chi connectivity index (χ3n) is 1.42. The van der Waals surface area contributed by atoms with E-state index in [9.17, 15) is 0 Å². The van der Waals surface area contributed by atoms with Crippen molar-refractivity contribution in [2.75, 3.05) is 19.4 Å². The Labute approximate surface area is 83.2 Å². The molecule has 2 nitrogen and oxygen atoms in total. The van der Waals surface area contributed by atoms with E-state index in [2.05, 4.69) is 19.1 Å². The van der Waals surface area contributed by atoms with E-state index in [-0.39, 0.29) is 0 Å². The van der Waals surface area contributed by atoms with Gasteiger partial charge in [-0.1, -0.05) is 25.5 Å². The van der Waals surface area contributed by atoms with Crippen LogP contribution in [0.1, 0.15) is 33.6 Å². The molecule has 78 valence electrons. The predicted octanol–water partition coefficient (Wildman–Crippen LogP) is 3.73. The molecular weight excluding hydrogens is 183 g/mol. The Hall–Kier alpha value is 0.0900. The zero-order valence-corrected chi connectivity index (χ0v) is 9.85. The van der Waals surface area contributed by atoms with Crippen LogP contribution in [-0.2, 0) is 9.05 Å². The van der Waals surface area contributed by atoms with Gasteiger partial charge in [0.1, 0.15) is 0 Å². The summed E-state index contributed by atoms with van der Waals surface area (Å²) in [4.78, 5) is 0. The van der Waals surface area contributed by atoms with Crippen molar-refractivity contribution >= 4 is 8.38 Å². The maximum absolute atomic E-state index is 5.45. The van der Waals surface area contributed by atoms with Crippen LogP contribution in [0.2, 0.25) is 0 Å². The molecule has 0 unspecified atom stereocenters. The average molecular weight is 204 g/mol. The van der Waals surface area contributed by atoms with Crippen molar-refractivity contribution < 1.29 is 9.05 Å². The van der Waals surface area contributed by atoms with E-state index >= 15 is 0 Å². The fourth-order valence-corrected chi connectivity index (χ4v) is 2.06. The largest absolute Gasteiger partial charge is 0.334 e. The molecule has 0 radical (unpaired) electrons. The van der Waals surface area contributed by atoms with Gasteiger partial charge < -0.3 is 9.05 Å². The molecule has 0 N–H and O–H groups in total. The van der Waals surface area contributed by atoms with Gasteiger partial charge in [-0.2, -0.15) is 0 Å². The number of allylic oxidation sites excluding steroid dienone is 2. The third kappa shape index (κ3) is 8.42. The van der Waals surface area contributed by atoms with E-state index in [1.165, 1.54) is 6.42 Å². The first-order valence-electron chi connectivity index (χ1n) is 5.03. The molecule has 13 heavy (non-hydrogen) atoms. The Morgan fingerprint density at radius 3 is 2.08 bits per heavy atom. The molecule has 0 saturated carbocycles. The molecule has 0 aliphatic carbocycles. The highest BCUT2D eigenvalue weighted by Crippen LogP contribution is 2.37. The molecule has 0 aromatic carbocycles. The second-order valence-electron chi connectivity index (χ2n) is 2.61. The monoisotopic (exact) mass is 204 g/mol. The predicted molar refractivity (Wildman–Crippen MR) is 59.1 cm³/mol. The first kappa shape index (κ1) is 13.1. The molecule has 0 heterocycles. The summed E-state index contributed by atoms with van der Waals surface area (Å²) in [6.07, 6.45) is 7.66. The molecule has 0 amide bonds. The van der Waals surface area contributed by atoms with Crippen LogP contribution in [0.4, 0.5) is 0 Å². The van der Waals surface area contributed by atoms with Gasteiger partial charge in [0.25, 0.3) is 0 Å². The van der Waals surface area contributed by atoms with Crippen molar-refractivity contribution in [3.8, 4) is 0 Å². The van der Waals surface area contributed by atoms with Crippen molar-refractivity contribution in [2.45, 2.75) is 33.6 Å². The lowest BCUT2D eigenvalue weighted by Crippen LogP contribution is -1.92. The van der Waals surface area contributed by atoms with Crippen molar-refractivity contribution in [2.24, 2.45) is 0 Å². The molecule has 0 aliphatic heterocycles. The highest BCUT2D eigenvalue weighted by molar-refractivity contribution is 7.47. The minimum atomic E-state index is -0.664. The molecule has 0 spiro atoms. The summed E-state index contributed by atoms with van der Waals surface area (Å²) in [7, 11) is -0.664. The second kappa shape index (κ2) is 10.2. The zero-order chi connectivity index (χ0) is 9.94. The molecule has 0 aromatic rings. The standard InChI is InChI=1S/C10H21O2P/c1-4-7-8-9-10-13(11-5-2)12-6-3/h8-9H,4-7,10H2,1-3H3/b9-8+. The molecular formula is C10H21O2P. The lowest BCUT2D eigenvalue weighted by molar-refractivity contribution is 0.271. The first-order valence-corrected chi connectivity index (χ1v) is 6.39. The molecule has 0 saturated heterocycles. The van der Waals surface area contributed by atoms with Gasteiger partial charge in [-0.15, -0.1) is 0 Å². The van der Waals surface area contributed by atoms with Crippen LogP contribution < -0.4 is 0 Å². The fraction of sp³-hybridized carbons (Fsp3) is 0.800. The van der Waals surface area contributed by atoms with Crippen molar-refractivity contribution in [1.82, 2.24) is 0 Å². The Morgan fingerprint density at radius 1 is 1.00 bits per heavy atom. The first-order chi connectivity index (χ1) is 6.35. The number of unbranched alkanes of at least 4 members (excludes halogenated alkanes) is 1. The molecule has 0 fully saturated rings. The smallest absolute Gasteiger partial charge is 0.174 e. The Kier molecular flexibility index (Phi) is 10.2. The van der Waals surface area contributed by atoms with E-state index in [1.54, 1.807) is 0 Å². The Morgan fingerprint density at radius 2 is 1.62 bits per heavy atom. The summed E-state index contributed by atoms with van der Waals surface area (Å²) >= 11 is 0. The van der Waals surface area contributed by atoms with Crippen molar-refractivity contribution in [3.05, 3.63) is 12.2 Å². The number of hydrogen-bond acceptors (Lipinski definition) is 2.